The minimum Gasteiger partial charge on any atom is -0.497 e. The van der Waals surface area contributed by atoms with Gasteiger partial charge in [-0.25, -0.2) is 0 Å². The number of hydrogen-bond donors (Lipinski definition) is 1. The molecule has 0 saturated carbocycles. The van der Waals surface area contributed by atoms with E-state index in [1.165, 1.54) is 11.1 Å². The monoisotopic (exact) mass is 349 g/mol. The van der Waals surface area contributed by atoms with E-state index < -0.39 is 0 Å². The number of methoxy groups -OCH3 is 2. The Morgan fingerprint density at radius 1 is 0.833 bits per heavy atom. The molecule has 132 valence electrons. The summed E-state index contributed by atoms with van der Waals surface area (Å²) in [6, 6.07) is 17.1. The maximum Gasteiger partial charge on any atom is 0.118 e. The average molecular weight is 350 g/mol. The molecule has 0 heterocycles. The lowest BCUT2D eigenvalue weighted by atomic mass is 10.1. The molecule has 2 aromatic rings. The average Bonchev–Trinajstić information content (AvgIpc) is 2.60. The molecule has 0 saturated heterocycles. The first-order valence-electron chi connectivity index (χ1n) is 8.20. The zero-order valence-electron chi connectivity index (χ0n) is 14.7. The number of benzene rings is 2. The van der Waals surface area contributed by atoms with Crippen molar-refractivity contribution in [2.75, 3.05) is 20.8 Å². The molecule has 1 N–H and O–H groups in total. The van der Waals surface area contributed by atoms with E-state index in [0.29, 0.717) is 6.04 Å². The third-order valence-corrected chi connectivity index (χ3v) is 4.00. The van der Waals surface area contributed by atoms with Gasteiger partial charge in [-0.3, -0.25) is 0 Å². The molecule has 1 atom stereocenters. The molecule has 2 rings (SSSR count). The molecule has 0 bridgehead atoms. The van der Waals surface area contributed by atoms with Gasteiger partial charge in [-0.15, -0.1) is 12.4 Å². The minimum atomic E-state index is 0. The number of hydrogen-bond acceptors (Lipinski definition) is 3. The lowest BCUT2D eigenvalue weighted by Crippen LogP contribution is -2.29. The molecule has 0 aliphatic carbocycles. The van der Waals surface area contributed by atoms with E-state index in [-0.39, 0.29) is 12.4 Å². The molecule has 0 aliphatic rings. The number of ether oxygens (including phenoxy) is 2. The van der Waals surface area contributed by atoms with E-state index in [4.69, 9.17) is 9.47 Å². The highest BCUT2D eigenvalue weighted by molar-refractivity contribution is 5.85. The van der Waals surface area contributed by atoms with E-state index >= 15 is 0 Å². The lowest BCUT2D eigenvalue weighted by Gasteiger charge is -2.14. The van der Waals surface area contributed by atoms with Crippen molar-refractivity contribution in [2.45, 2.75) is 32.2 Å². The fraction of sp³-hybridized carbons (Fsp3) is 0.400. The summed E-state index contributed by atoms with van der Waals surface area (Å²) < 4.78 is 10.4. The van der Waals surface area contributed by atoms with E-state index in [1.54, 1.807) is 14.2 Å². The molecule has 0 aromatic heterocycles. The van der Waals surface area contributed by atoms with Crippen LogP contribution in [-0.4, -0.2) is 26.8 Å². The van der Waals surface area contributed by atoms with Gasteiger partial charge in [0.25, 0.3) is 0 Å². The second-order valence-corrected chi connectivity index (χ2v) is 5.86. The van der Waals surface area contributed by atoms with Gasteiger partial charge in [-0.1, -0.05) is 24.3 Å². The van der Waals surface area contributed by atoms with E-state index in [0.717, 1.165) is 37.3 Å². The second kappa shape index (κ2) is 11.0. The largest absolute Gasteiger partial charge is 0.497 e. The quantitative estimate of drug-likeness (QED) is 0.685. The van der Waals surface area contributed by atoms with Crippen LogP contribution in [0.4, 0.5) is 0 Å². The molecule has 2 aromatic carbocycles. The van der Waals surface area contributed by atoms with Gasteiger partial charge in [0.1, 0.15) is 11.5 Å². The van der Waals surface area contributed by atoms with Crippen LogP contribution in [0.1, 0.15) is 24.5 Å². The third kappa shape index (κ3) is 6.81. The van der Waals surface area contributed by atoms with Gasteiger partial charge in [0.15, 0.2) is 0 Å². The molecule has 0 radical (unpaired) electrons. The Kier molecular flexibility index (Phi) is 9.28. The normalized spacial score (nSPS) is 11.5. The second-order valence-electron chi connectivity index (χ2n) is 5.86. The molecule has 24 heavy (non-hydrogen) atoms. The van der Waals surface area contributed by atoms with Crippen LogP contribution in [0.15, 0.2) is 48.5 Å². The minimum absolute atomic E-state index is 0. The van der Waals surface area contributed by atoms with Gasteiger partial charge in [0.2, 0.25) is 0 Å². The molecule has 0 amide bonds. The summed E-state index contributed by atoms with van der Waals surface area (Å²) in [5.41, 5.74) is 2.69. The van der Waals surface area contributed by atoms with Gasteiger partial charge in [-0.05, 0) is 68.1 Å². The Morgan fingerprint density at radius 3 is 1.83 bits per heavy atom. The van der Waals surface area contributed by atoms with Crippen molar-refractivity contribution in [3.8, 4) is 11.5 Å². The Labute approximate surface area is 151 Å². The third-order valence-electron chi connectivity index (χ3n) is 4.00. The fourth-order valence-corrected chi connectivity index (χ4v) is 2.62. The molecular formula is C20H28ClNO2. The van der Waals surface area contributed by atoms with Crippen molar-refractivity contribution in [3.63, 3.8) is 0 Å². The van der Waals surface area contributed by atoms with Gasteiger partial charge in [0.05, 0.1) is 14.2 Å². The highest BCUT2D eigenvalue weighted by atomic mass is 35.5. The molecule has 1 unspecified atom stereocenters. The maximum atomic E-state index is 5.19. The Bertz CT molecular complexity index is 569. The molecular weight excluding hydrogens is 322 g/mol. The molecule has 4 heteroatoms. The standard InChI is InChI=1S/C20H27NO2.ClH/c1-16(15-18-8-12-20(23-3)13-9-18)21-14-4-5-17-6-10-19(22-2)11-7-17;/h6-13,16,21H,4-5,14-15H2,1-3H3;1H. The molecule has 0 aliphatic heterocycles. The van der Waals surface area contributed by atoms with Crippen LogP contribution in [0.3, 0.4) is 0 Å². The van der Waals surface area contributed by atoms with Crippen molar-refractivity contribution >= 4 is 12.4 Å². The first-order chi connectivity index (χ1) is 11.2. The first kappa shape index (κ1) is 20.3. The number of rotatable bonds is 9. The van der Waals surface area contributed by atoms with Crippen LogP contribution in [0.25, 0.3) is 0 Å². The van der Waals surface area contributed by atoms with Crippen LogP contribution >= 0.6 is 12.4 Å². The molecule has 0 fully saturated rings. The molecule has 0 spiro atoms. The van der Waals surface area contributed by atoms with Gasteiger partial charge >= 0.3 is 0 Å². The predicted molar refractivity (Wildman–Crippen MR) is 103 cm³/mol. The van der Waals surface area contributed by atoms with Gasteiger partial charge in [-0.2, -0.15) is 0 Å². The Hall–Kier alpha value is -1.71. The Balaban J connectivity index is 0.00000288. The van der Waals surface area contributed by atoms with Gasteiger partial charge < -0.3 is 14.8 Å². The lowest BCUT2D eigenvalue weighted by molar-refractivity contribution is 0.414. The van der Waals surface area contributed by atoms with Crippen molar-refractivity contribution in [1.29, 1.82) is 0 Å². The highest BCUT2D eigenvalue weighted by Crippen LogP contribution is 2.13. The SMILES string of the molecule is COc1ccc(CCCNC(C)Cc2ccc(OC)cc2)cc1.Cl. The number of aryl methyl sites for hydroxylation is 1. The topological polar surface area (TPSA) is 30.5 Å². The highest BCUT2D eigenvalue weighted by Gasteiger charge is 2.03. The van der Waals surface area contributed by atoms with Crippen LogP contribution in [0.2, 0.25) is 0 Å². The zero-order chi connectivity index (χ0) is 16.5. The van der Waals surface area contributed by atoms with Crippen molar-refractivity contribution in [2.24, 2.45) is 0 Å². The number of halogens is 1. The van der Waals surface area contributed by atoms with Crippen molar-refractivity contribution < 1.29 is 9.47 Å². The summed E-state index contributed by atoms with van der Waals surface area (Å²) in [6.45, 7) is 3.26. The van der Waals surface area contributed by atoms with E-state index in [1.807, 2.05) is 24.3 Å². The fourth-order valence-electron chi connectivity index (χ4n) is 2.62. The smallest absolute Gasteiger partial charge is 0.118 e. The van der Waals surface area contributed by atoms with E-state index in [2.05, 4.69) is 36.5 Å². The van der Waals surface area contributed by atoms with Crippen LogP contribution in [0, 0.1) is 0 Å². The summed E-state index contributed by atoms with van der Waals surface area (Å²) in [6.07, 6.45) is 3.26. The van der Waals surface area contributed by atoms with Crippen LogP contribution in [-0.2, 0) is 12.8 Å². The van der Waals surface area contributed by atoms with Crippen molar-refractivity contribution in [1.82, 2.24) is 5.32 Å². The maximum absolute atomic E-state index is 5.19. The van der Waals surface area contributed by atoms with Crippen molar-refractivity contribution in [3.05, 3.63) is 59.7 Å². The molecule has 3 nitrogen and oxygen atoms in total. The summed E-state index contributed by atoms with van der Waals surface area (Å²) >= 11 is 0. The first-order valence-corrected chi connectivity index (χ1v) is 8.20. The summed E-state index contributed by atoms with van der Waals surface area (Å²) in [5, 5.41) is 3.60. The van der Waals surface area contributed by atoms with Crippen LogP contribution in [0.5, 0.6) is 11.5 Å². The predicted octanol–water partition coefficient (Wildman–Crippen LogP) is 4.28. The Morgan fingerprint density at radius 2 is 1.33 bits per heavy atom. The summed E-state index contributed by atoms with van der Waals surface area (Å²) in [4.78, 5) is 0. The van der Waals surface area contributed by atoms with E-state index in [9.17, 15) is 0 Å². The van der Waals surface area contributed by atoms with Crippen LogP contribution < -0.4 is 14.8 Å². The zero-order valence-corrected chi connectivity index (χ0v) is 15.6. The van der Waals surface area contributed by atoms with Gasteiger partial charge in [0, 0.05) is 6.04 Å². The summed E-state index contributed by atoms with van der Waals surface area (Å²) in [5.74, 6) is 1.83. The summed E-state index contributed by atoms with van der Waals surface area (Å²) in [7, 11) is 3.39. The number of nitrogens with one attached hydrogen (secondary N) is 1.